The van der Waals surface area contributed by atoms with Gasteiger partial charge in [0, 0.05) is 0 Å². The van der Waals surface area contributed by atoms with Crippen LogP contribution in [0.25, 0.3) is 0 Å². The highest BCUT2D eigenvalue weighted by molar-refractivity contribution is 4.54. The van der Waals surface area contributed by atoms with Crippen molar-refractivity contribution in [3.63, 3.8) is 0 Å². The van der Waals surface area contributed by atoms with Crippen LogP contribution in [0.3, 0.4) is 0 Å². The summed E-state index contributed by atoms with van der Waals surface area (Å²) in [6, 6.07) is 0. The van der Waals surface area contributed by atoms with E-state index in [0.717, 1.165) is 4.48 Å². The fourth-order valence-corrected chi connectivity index (χ4v) is 7.55. The molecule has 0 aromatic rings. The van der Waals surface area contributed by atoms with E-state index in [1.807, 2.05) is 0 Å². The first kappa shape index (κ1) is 57.6. The van der Waals surface area contributed by atoms with Crippen molar-refractivity contribution >= 4 is 0 Å². The van der Waals surface area contributed by atoms with Crippen LogP contribution in [0.4, 0.5) is 0 Å². The molecule has 0 aromatic carbocycles. The van der Waals surface area contributed by atoms with E-state index < -0.39 is 0 Å². The molecule has 2 nitrogen and oxygen atoms in total. The predicted molar refractivity (Wildman–Crippen MR) is 224 cm³/mol. The van der Waals surface area contributed by atoms with Crippen LogP contribution in [0.15, 0.2) is 0 Å². The summed E-state index contributed by atoms with van der Waals surface area (Å²) < 4.78 is 1.12. The molecular weight excluding hydrogens is 740 g/mol. The molecule has 0 saturated carbocycles. The van der Waals surface area contributed by atoms with Gasteiger partial charge in [0.2, 0.25) is 0 Å². The van der Waals surface area contributed by atoms with Crippen LogP contribution in [-0.2, 0) is 0 Å². The minimum absolute atomic E-state index is 0. The maximum Gasteiger partial charge on any atom is 0.0780 e. The molecule has 0 heterocycles. The standard InChI is InChI=1S/C46H96N.2BrH.H3N/c1-5-6-7-8-9-10-11-12-13-14-15-16-17-18-19-20-21-22-23-24-25-26-27-28-29-30-31-32-33-34-35-36-37-38-39-40-41-42-43-44-45-46-47(2,3)4;;;/h5-46H2,1-4H3;2*1H;1H3/q+1;;;/p-1. The molecule has 0 saturated heterocycles. The SMILES string of the molecule is CCCCCCCCCCCCCCCCCCCCCCCCCCCCCCCCCCCCCCCCCCC[N+](C)(C)C.[Br-].[Br-].[NH4+]. The lowest BCUT2D eigenvalue weighted by Gasteiger charge is -2.23. The molecule has 0 atom stereocenters. The Balaban J connectivity index is -0.00000353. The lowest BCUT2D eigenvalue weighted by molar-refractivity contribution is -0.870. The molecule has 0 aliphatic rings. The summed E-state index contributed by atoms with van der Waals surface area (Å²) in [4.78, 5) is 0. The highest BCUT2D eigenvalue weighted by Gasteiger charge is 2.05. The number of quaternary nitrogens is 2. The van der Waals surface area contributed by atoms with Crippen molar-refractivity contribution in [1.29, 1.82) is 0 Å². The molecular formula is C46H100Br2N2. The fraction of sp³-hybridized carbons (Fsp3) is 1.00. The number of halogens is 2. The molecule has 0 spiro atoms. The van der Waals surface area contributed by atoms with E-state index in [-0.39, 0.29) is 40.1 Å². The van der Waals surface area contributed by atoms with Crippen LogP contribution in [0, 0.1) is 0 Å². The van der Waals surface area contributed by atoms with E-state index in [1.54, 1.807) is 0 Å². The molecule has 4 heteroatoms. The van der Waals surface area contributed by atoms with Gasteiger partial charge in [-0.2, -0.15) is 0 Å². The Labute approximate surface area is 340 Å². The molecule has 4 N–H and O–H groups in total. The third-order valence-electron chi connectivity index (χ3n) is 10.9. The maximum atomic E-state index is 2.31. The molecule has 0 aliphatic carbocycles. The van der Waals surface area contributed by atoms with Gasteiger partial charge in [-0.1, -0.05) is 257 Å². The van der Waals surface area contributed by atoms with E-state index >= 15 is 0 Å². The summed E-state index contributed by atoms with van der Waals surface area (Å²) in [5.41, 5.74) is 0. The van der Waals surface area contributed by atoms with Crippen molar-refractivity contribution in [3.05, 3.63) is 0 Å². The molecule has 0 aromatic heterocycles. The zero-order chi connectivity index (χ0) is 34.2. The summed E-state index contributed by atoms with van der Waals surface area (Å²) in [5.74, 6) is 0. The fourth-order valence-electron chi connectivity index (χ4n) is 7.55. The second-order valence-electron chi connectivity index (χ2n) is 17.2. The average molecular weight is 841 g/mol. The third kappa shape index (κ3) is 55.6. The van der Waals surface area contributed by atoms with E-state index in [0.29, 0.717) is 0 Å². The van der Waals surface area contributed by atoms with Crippen molar-refractivity contribution in [2.45, 2.75) is 270 Å². The van der Waals surface area contributed by atoms with Crippen LogP contribution in [0.1, 0.15) is 270 Å². The first-order valence-electron chi connectivity index (χ1n) is 22.9. The largest absolute Gasteiger partial charge is 1.00 e. The van der Waals surface area contributed by atoms with Crippen LogP contribution >= 0.6 is 0 Å². The van der Waals surface area contributed by atoms with Gasteiger partial charge >= 0.3 is 0 Å². The summed E-state index contributed by atoms with van der Waals surface area (Å²) in [6.07, 6.45) is 60.8. The van der Waals surface area contributed by atoms with Crippen LogP contribution in [0.2, 0.25) is 0 Å². The van der Waals surface area contributed by atoms with Crippen molar-refractivity contribution < 1.29 is 38.4 Å². The quantitative estimate of drug-likeness (QED) is 0.0470. The molecule has 0 rings (SSSR count). The second-order valence-corrected chi connectivity index (χ2v) is 17.2. The average Bonchev–Trinajstić information content (AvgIpc) is 3.05. The molecule has 0 aliphatic heterocycles. The summed E-state index contributed by atoms with van der Waals surface area (Å²) >= 11 is 0. The second kappa shape index (κ2) is 49.9. The normalized spacial score (nSPS) is 11.3. The molecule has 308 valence electrons. The van der Waals surface area contributed by atoms with Crippen molar-refractivity contribution in [1.82, 2.24) is 6.15 Å². The predicted octanol–water partition coefficient (Wildman–Crippen LogP) is 11.1. The lowest BCUT2D eigenvalue weighted by Crippen LogP contribution is -3.00. The number of rotatable bonds is 42. The molecule has 0 bridgehead atoms. The number of hydrogen-bond acceptors (Lipinski definition) is 0. The highest BCUT2D eigenvalue weighted by Crippen LogP contribution is 2.18. The van der Waals surface area contributed by atoms with E-state index in [4.69, 9.17) is 0 Å². The van der Waals surface area contributed by atoms with Crippen LogP contribution < -0.4 is 40.1 Å². The molecule has 50 heavy (non-hydrogen) atoms. The van der Waals surface area contributed by atoms with Crippen molar-refractivity contribution in [2.75, 3.05) is 27.7 Å². The monoisotopic (exact) mass is 839 g/mol. The van der Waals surface area contributed by atoms with Gasteiger partial charge in [0.15, 0.2) is 0 Å². The maximum absolute atomic E-state index is 2.31. The summed E-state index contributed by atoms with van der Waals surface area (Å²) in [7, 11) is 6.93. The number of hydrogen-bond donors (Lipinski definition) is 1. The zero-order valence-corrected chi connectivity index (χ0v) is 39.1. The highest BCUT2D eigenvalue weighted by atomic mass is 79.9. The van der Waals surface area contributed by atoms with Gasteiger partial charge in [-0.15, -0.1) is 0 Å². The molecule has 0 amide bonds. The number of unbranched alkanes of at least 4 members (excludes halogenated alkanes) is 40. The van der Waals surface area contributed by atoms with Crippen molar-refractivity contribution in [3.8, 4) is 0 Å². The van der Waals surface area contributed by atoms with Gasteiger partial charge in [-0.3, -0.25) is 0 Å². The van der Waals surface area contributed by atoms with Crippen molar-refractivity contribution in [2.24, 2.45) is 0 Å². The Bertz CT molecular complexity index is 551. The molecule has 0 unspecified atom stereocenters. The topological polar surface area (TPSA) is 36.5 Å². The van der Waals surface area contributed by atoms with Gasteiger partial charge in [0.25, 0.3) is 0 Å². The van der Waals surface area contributed by atoms with Gasteiger partial charge in [0.05, 0.1) is 27.7 Å². The first-order chi connectivity index (χ1) is 23.1. The Morgan fingerprint density at radius 2 is 0.340 bits per heavy atom. The lowest BCUT2D eigenvalue weighted by atomic mass is 10.0. The van der Waals surface area contributed by atoms with Gasteiger partial charge in [-0.05, 0) is 12.8 Å². The summed E-state index contributed by atoms with van der Waals surface area (Å²) in [5, 5.41) is 0. The smallest absolute Gasteiger partial charge is 0.0780 e. The van der Waals surface area contributed by atoms with Gasteiger partial charge in [0.1, 0.15) is 0 Å². The molecule has 0 radical (unpaired) electrons. The third-order valence-corrected chi connectivity index (χ3v) is 10.9. The summed E-state index contributed by atoms with van der Waals surface area (Å²) in [6.45, 7) is 3.64. The minimum Gasteiger partial charge on any atom is -1.00 e. The van der Waals surface area contributed by atoms with E-state index in [1.165, 1.54) is 270 Å². The number of nitrogens with zero attached hydrogens (tertiary/aromatic N) is 1. The first-order valence-corrected chi connectivity index (χ1v) is 22.9. The Kier molecular flexibility index (Phi) is 57.5. The molecule has 0 fully saturated rings. The van der Waals surface area contributed by atoms with Gasteiger partial charge in [-0.25, -0.2) is 0 Å². The van der Waals surface area contributed by atoms with Crippen LogP contribution in [-0.4, -0.2) is 32.2 Å². The van der Waals surface area contributed by atoms with E-state index in [9.17, 15) is 0 Å². The Hall–Kier alpha value is 0.880. The zero-order valence-electron chi connectivity index (χ0n) is 35.9. The van der Waals surface area contributed by atoms with Gasteiger partial charge < -0.3 is 44.6 Å². The Morgan fingerprint density at radius 3 is 0.460 bits per heavy atom. The minimum atomic E-state index is 0. The van der Waals surface area contributed by atoms with E-state index in [2.05, 4.69) is 28.1 Å². The van der Waals surface area contributed by atoms with Crippen LogP contribution in [0.5, 0.6) is 0 Å². The Morgan fingerprint density at radius 1 is 0.220 bits per heavy atom.